The van der Waals surface area contributed by atoms with Crippen molar-refractivity contribution < 1.29 is 0 Å². The van der Waals surface area contributed by atoms with Crippen LogP contribution >= 0.6 is 35.3 Å². The molecule has 1 aromatic rings. The number of rotatable bonds is 6. The van der Waals surface area contributed by atoms with Crippen LogP contribution in [0.2, 0.25) is 0 Å². The summed E-state index contributed by atoms with van der Waals surface area (Å²) in [6.45, 7) is 3.82. The maximum atomic E-state index is 4.55. The van der Waals surface area contributed by atoms with Gasteiger partial charge in [0.15, 0.2) is 5.96 Å². The molecular weight excluding hydrogens is 407 g/mol. The Labute approximate surface area is 154 Å². The van der Waals surface area contributed by atoms with Gasteiger partial charge in [0, 0.05) is 19.0 Å². The number of nitrogens with zero attached hydrogens (tertiary/aromatic N) is 2. The van der Waals surface area contributed by atoms with Crippen LogP contribution in [-0.2, 0) is 13.0 Å². The Morgan fingerprint density at radius 1 is 1.36 bits per heavy atom. The van der Waals surface area contributed by atoms with E-state index in [1.807, 2.05) is 7.05 Å². The van der Waals surface area contributed by atoms with E-state index in [-0.39, 0.29) is 24.0 Å². The van der Waals surface area contributed by atoms with E-state index in [0.717, 1.165) is 37.6 Å². The summed E-state index contributed by atoms with van der Waals surface area (Å²) >= 11 is 1.73. The molecule has 124 valence electrons. The molecule has 0 atom stereocenters. The van der Waals surface area contributed by atoms with Crippen molar-refractivity contribution in [3.63, 3.8) is 0 Å². The molecule has 0 radical (unpaired) electrons. The fourth-order valence-electron chi connectivity index (χ4n) is 2.46. The van der Waals surface area contributed by atoms with Crippen molar-refractivity contribution >= 4 is 41.3 Å². The number of guanidine groups is 1. The Morgan fingerprint density at radius 2 is 2.23 bits per heavy atom. The lowest BCUT2D eigenvalue weighted by molar-refractivity contribution is 0.665. The predicted molar refractivity (Wildman–Crippen MR) is 106 cm³/mol. The lowest BCUT2D eigenvalue weighted by Crippen LogP contribution is -2.37. The molecule has 1 aliphatic carbocycles. The van der Waals surface area contributed by atoms with E-state index >= 15 is 0 Å². The van der Waals surface area contributed by atoms with E-state index in [2.05, 4.69) is 39.0 Å². The van der Waals surface area contributed by atoms with Crippen LogP contribution in [0.5, 0.6) is 0 Å². The summed E-state index contributed by atoms with van der Waals surface area (Å²) in [5, 5.41) is 10.0. The van der Waals surface area contributed by atoms with E-state index in [1.165, 1.54) is 30.7 Å². The van der Waals surface area contributed by atoms with Gasteiger partial charge in [0.1, 0.15) is 0 Å². The first-order valence-electron chi connectivity index (χ1n) is 7.87. The lowest BCUT2D eigenvalue weighted by Gasteiger charge is -2.14. The molecule has 0 amide bonds. The third-order valence-electron chi connectivity index (χ3n) is 3.69. The molecule has 0 spiro atoms. The molecule has 1 aromatic heterocycles. The number of hydrogen-bond acceptors (Lipinski definition) is 3. The second kappa shape index (κ2) is 11.0. The highest BCUT2D eigenvalue weighted by molar-refractivity contribution is 14.0. The standard InChI is InChI=1S/C16H26N4S.HI/c1-3-15-20-14(12-21-15)11-19-16(17-2)18-10-9-13-7-5-4-6-8-13;/h7,12H,3-6,8-11H2,1-2H3,(H2,17,18,19);1H. The van der Waals surface area contributed by atoms with Gasteiger partial charge in [0.2, 0.25) is 0 Å². The van der Waals surface area contributed by atoms with Crippen LogP contribution in [0.4, 0.5) is 0 Å². The highest BCUT2D eigenvalue weighted by Crippen LogP contribution is 2.19. The van der Waals surface area contributed by atoms with Crippen LogP contribution in [0.15, 0.2) is 22.0 Å². The van der Waals surface area contributed by atoms with Gasteiger partial charge in [0.05, 0.1) is 17.2 Å². The molecule has 2 rings (SSSR count). The molecule has 0 fully saturated rings. The molecule has 0 aromatic carbocycles. The van der Waals surface area contributed by atoms with Gasteiger partial charge >= 0.3 is 0 Å². The Bertz CT molecular complexity index is 496. The van der Waals surface area contributed by atoms with Gasteiger partial charge in [-0.05, 0) is 38.5 Å². The van der Waals surface area contributed by atoms with Crippen molar-refractivity contribution in [2.24, 2.45) is 4.99 Å². The van der Waals surface area contributed by atoms with E-state index in [9.17, 15) is 0 Å². The largest absolute Gasteiger partial charge is 0.356 e. The van der Waals surface area contributed by atoms with Gasteiger partial charge in [-0.3, -0.25) is 4.99 Å². The maximum absolute atomic E-state index is 4.55. The smallest absolute Gasteiger partial charge is 0.191 e. The molecular formula is C16H27IN4S. The zero-order valence-electron chi connectivity index (χ0n) is 13.5. The number of halogens is 1. The number of aliphatic imine (C=N–C) groups is 1. The Morgan fingerprint density at radius 3 is 2.86 bits per heavy atom. The molecule has 22 heavy (non-hydrogen) atoms. The number of allylic oxidation sites excluding steroid dienone is 1. The molecule has 2 N–H and O–H groups in total. The molecule has 0 bridgehead atoms. The van der Waals surface area contributed by atoms with Crippen LogP contribution in [0, 0.1) is 0 Å². The summed E-state index contributed by atoms with van der Waals surface area (Å²) in [5.41, 5.74) is 2.69. The van der Waals surface area contributed by atoms with Crippen LogP contribution in [0.3, 0.4) is 0 Å². The van der Waals surface area contributed by atoms with E-state index in [4.69, 9.17) is 0 Å². The van der Waals surface area contributed by atoms with E-state index in [0.29, 0.717) is 0 Å². The monoisotopic (exact) mass is 434 g/mol. The minimum absolute atomic E-state index is 0. The Kier molecular flexibility index (Phi) is 9.70. The van der Waals surface area contributed by atoms with Gasteiger partial charge in [-0.15, -0.1) is 35.3 Å². The number of nitrogens with one attached hydrogen (secondary N) is 2. The number of aryl methyl sites for hydroxylation is 1. The normalized spacial score (nSPS) is 15.0. The van der Waals surface area contributed by atoms with E-state index < -0.39 is 0 Å². The van der Waals surface area contributed by atoms with Crippen molar-refractivity contribution in [1.82, 2.24) is 15.6 Å². The molecule has 0 unspecified atom stereocenters. The van der Waals surface area contributed by atoms with Crippen molar-refractivity contribution in [3.05, 3.63) is 27.7 Å². The SMILES string of the molecule is CCc1nc(CNC(=NC)NCCC2=CCCCC2)cs1.I. The minimum Gasteiger partial charge on any atom is -0.356 e. The highest BCUT2D eigenvalue weighted by Gasteiger charge is 2.05. The van der Waals surface area contributed by atoms with Crippen LogP contribution in [-0.4, -0.2) is 24.5 Å². The highest BCUT2D eigenvalue weighted by atomic mass is 127. The Hall–Kier alpha value is -0.630. The van der Waals surface area contributed by atoms with Crippen molar-refractivity contribution in [2.75, 3.05) is 13.6 Å². The molecule has 0 aliphatic heterocycles. The molecule has 1 heterocycles. The first kappa shape index (κ1) is 19.4. The van der Waals surface area contributed by atoms with Crippen molar-refractivity contribution in [1.29, 1.82) is 0 Å². The van der Waals surface area contributed by atoms with E-state index in [1.54, 1.807) is 16.9 Å². The fourth-order valence-corrected chi connectivity index (χ4v) is 3.21. The topological polar surface area (TPSA) is 49.3 Å². The van der Waals surface area contributed by atoms with Crippen LogP contribution < -0.4 is 10.6 Å². The summed E-state index contributed by atoms with van der Waals surface area (Å²) in [7, 11) is 1.81. The summed E-state index contributed by atoms with van der Waals surface area (Å²) < 4.78 is 0. The summed E-state index contributed by atoms with van der Waals surface area (Å²) in [6, 6.07) is 0. The van der Waals surface area contributed by atoms with Crippen molar-refractivity contribution in [2.45, 2.75) is 52.0 Å². The summed E-state index contributed by atoms with van der Waals surface area (Å²) in [6.07, 6.45) is 9.77. The van der Waals surface area contributed by atoms with Gasteiger partial charge in [-0.2, -0.15) is 0 Å². The quantitative estimate of drug-likeness (QED) is 0.309. The maximum Gasteiger partial charge on any atom is 0.191 e. The zero-order chi connectivity index (χ0) is 14.9. The molecule has 0 saturated carbocycles. The number of hydrogen-bond donors (Lipinski definition) is 2. The minimum atomic E-state index is 0. The average Bonchev–Trinajstić information content (AvgIpc) is 3.00. The van der Waals surface area contributed by atoms with Crippen LogP contribution in [0.25, 0.3) is 0 Å². The average molecular weight is 434 g/mol. The third-order valence-corrected chi connectivity index (χ3v) is 4.73. The molecule has 1 aliphatic rings. The molecule has 6 heteroatoms. The second-order valence-corrected chi connectivity index (χ2v) is 6.24. The van der Waals surface area contributed by atoms with Gasteiger partial charge in [0.25, 0.3) is 0 Å². The Balaban J connectivity index is 0.00000242. The summed E-state index contributed by atoms with van der Waals surface area (Å²) in [5.74, 6) is 0.859. The van der Waals surface area contributed by atoms with Gasteiger partial charge in [-0.1, -0.05) is 18.6 Å². The third kappa shape index (κ3) is 6.64. The predicted octanol–water partition coefficient (Wildman–Crippen LogP) is 3.88. The fraction of sp³-hybridized carbons (Fsp3) is 0.625. The summed E-state index contributed by atoms with van der Waals surface area (Å²) in [4.78, 5) is 8.82. The molecule has 0 saturated heterocycles. The molecule has 4 nitrogen and oxygen atoms in total. The first-order valence-corrected chi connectivity index (χ1v) is 8.75. The van der Waals surface area contributed by atoms with Gasteiger partial charge < -0.3 is 10.6 Å². The first-order chi connectivity index (χ1) is 10.3. The number of thiazole rings is 1. The zero-order valence-corrected chi connectivity index (χ0v) is 16.7. The lowest BCUT2D eigenvalue weighted by atomic mass is 9.97. The van der Waals surface area contributed by atoms with Crippen LogP contribution in [0.1, 0.15) is 49.7 Å². The van der Waals surface area contributed by atoms with Gasteiger partial charge in [-0.25, -0.2) is 4.98 Å². The second-order valence-electron chi connectivity index (χ2n) is 5.30. The van der Waals surface area contributed by atoms with Crippen molar-refractivity contribution in [3.8, 4) is 0 Å². The number of aromatic nitrogens is 1.